The van der Waals surface area contributed by atoms with Gasteiger partial charge in [-0.1, -0.05) is 25.3 Å². The highest BCUT2D eigenvalue weighted by atomic mass is 35.5. The van der Waals surface area contributed by atoms with Gasteiger partial charge in [0.15, 0.2) is 0 Å². The van der Waals surface area contributed by atoms with Crippen LogP contribution >= 0.6 is 12.4 Å². The molecule has 0 spiro atoms. The molecule has 4 nitrogen and oxygen atoms in total. The van der Waals surface area contributed by atoms with Crippen molar-refractivity contribution in [2.75, 3.05) is 44.2 Å². The number of nitrogens with zero attached hydrogens (tertiary/aromatic N) is 2. The summed E-state index contributed by atoms with van der Waals surface area (Å²) < 4.78 is 44.5. The molecule has 1 aliphatic heterocycles. The van der Waals surface area contributed by atoms with Crippen LogP contribution in [0, 0.1) is 0 Å². The Balaban J connectivity index is 0.00000280. The van der Waals surface area contributed by atoms with Crippen molar-refractivity contribution < 1.29 is 23.0 Å². The van der Waals surface area contributed by atoms with E-state index in [0.29, 0.717) is 31.9 Å². The standard InChI is InChI=1S/C20H29F3N2O2.ClH/c21-20(22,23)16-5-4-6-17(13-16)25-11-9-24(10-12-25)14-18(26)15-27-19-7-2-1-3-8-19;/h4-6,13,18-19,26H,1-3,7-12,14-15H2;1H. The molecule has 0 amide bonds. The van der Waals surface area contributed by atoms with E-state index in [4.69, 9.17) is 4.74 Å². The lowest BCUT2D eigenvalue weighted by Crippen LogP contribution is -2.49. The number of aliphatic hydroxyl groups is 1. The molecular weight excluding hydrogens is 393 g/mol. The number of benzene rings is 1. The second kappa shape index (κ2) is 10.7. The van der Waals surface area contributed by atoms with E-state index in [9.17, 15) is 18.3 Å². The molecule has 1 aromatic rings. The minimum atomic E-state index is -4.32. The summed E-state index contributed by atoms with van der Waals surface area (Å²) in [5.41, 5.74) is -0.0108. The lowest BCUT2D eigenvalue weighted by atomic mass is 9.98. The minimum Gasteiger partial charge on any atom is -0.389 e. The van der Waals surface area contributed by atoms with Gasteiger partial charge in [-0.2, -0.15) is 13.2 Å². The van der Waals surface area contributed by atoms with Crippen molar-refractivity contribution >= 4 is 18.1 Å². The molecule has 1 atom stereocenters. The fourth-order valence-corrected chi connectivity index (χ4v) is 3.90. The van der Waals surface area contributed by atoms with Gasteiger partial charge in [0, 0.05) is 38.4 Å². The third-order valence-electron chi connectivity index (χ3n) is 5.46. The molecule has 0 radical (unpaired) electrons. The van der Waals surface area contributed by atoms with Crippen LogP contribution in [0.5, 0.6) is 0 Å². The summed E-state index contributed by atoms with van der Waals surface area (Å²) in [7, 11) is 0. The number of alkyl halides is 3. The van der Waals surface area contributed by atoms with E-state index in [0.717, 1.165) is 32.0 Å². The fourth-order valence-electron chi connectivity index (χ4n) is 3.90. The predicted molar refractivity (Wildman–Crippen MR) is 106 cm³/mol. The van der Waals surface area contributed by atoms with Gasteiger partial charge in [0.2, 0.25) is 0 Å². The zero-order chi connectivity index (χ0) is 19.3. The first-order valence-electron chi connectivity index (χ1n) is 9.86. The van der Waals surface area contributed by atoms with Crippen molar-refractivity contribution in [3.63, 3.8) is 0 Å². The van der Waals surface area contributed by atoms with Crippen LogP contribution in [0.2, 0.25) is 0 Å². The van der Waals surface area contributed by atoms with E-state index in [1.54, 1.807) is 6.07 Å². The van der Waals surface area contributed by atoms with E-state index in [1.807, 2.05) is 4.90 Å². The van der Waals surface area contributed by atoms with Crippen LogP contribution in [0.4, 0.5) is 18.9 Å². The molecule has 3 rings (SSSR count). The maximum atomic E-state index is 12.9. The van der Waals surface area contributed by atoms with Gasteiger partial charge in [-0.3, -0.25) is 4.90 Å². The van der Waals surface area contributed by atoms with Crippen LogP contribution in [0.15, 0.2) is 24.3 Å². The molecule has 1 heterocycles. The average molecular weight is 423 g/mol. The van der Waals surface area contributed by atoms with Gasteiger partial charge in [-0.15, -0.1) is 12.4 Å². The van der Waals surface area contributed by atoms with Crippen LogP contribution in [0.1, 0.15) is 37.7 Å². The molecule has 8 heteroatoms. The number of halogens is 4. The molecule has 0 aromatic heterocycles. The highest BCUT2D eigenvalue weighted by molar-refractivity contribution is 5.85. The molecule has 2 fully saturated rings. The van der Waals surface area contributed by atoms with Crippen LogP contribution in [-0.2, 0) is 10.9 Å². The van der Waals surface area contributed by atoms with Crippen LogP contribution in [-0.4, -0.2) is 61.5 Å². The Morgan fingerprint density at radius 3 is 2.39 bits per heavy atom. The summed E-state index contributed by atoms with van der Waals surface area (Å²) in [5, 5.41) is 10.2. The number of aliphatic hydroxyl groups excluding tert-OH is 1. The number of β-amino-alcohol motifs (C(OH)–C–C–N with tert-alkyl or cyclic N) is 1. The van der Waals surface area contributed by atoms with E-state index in [1.165, 1.54) is 31.4 Å². The zero-order valence-corrected chi connectivity index (χ0v) is 16.9. The molecule has 2 aliphatic rings. The first kappa shape index (κ1) is 23.3. The van der Waals surface area contributed by atoms with Gasteiger partial charge in [-0.25, -0.2) is 0 Å². The smallest absolute Gasteiger partial charge is 0.389 e. The fraction of sp³-hybridized carbons (Fsp3) is 0.700. The highest BCUT2D eigenvalue weighted by Gasteiger charge is 2.31. The van der Waals surface area contributed by atoms with Crippen molar-refractivity contribution in [1.82, 2.24) is 4.90 Å². The summed E-state index contributed by atoms with van der Waals surface area (Å²) in [5.74, 6) is 0. The quantitative estimate of drug-likeness (QED) is 0.752. The van der Waals surface area contributed by atoms with Gasteiger partial charge < -0.3 is 14.7 Å². The third kappa shape index (κ3) is 6.79. The number of rotatable bonds is 6. The Kier molecular flexibility index (Phi) is 8.86. The Bertz CT molecular complexity index is 589. The summed E-state index contributed by atoms with van der Waals surface area (Å²) >= 11 is 0. The highest BCUT2D eigenvalue weighted by Crippen LogP contribution is 2.31. The SMILES string of the molecule is Cl.OC(COC1CCCCC1)CN1CCN(c2cccc(C(F)(F)F)c2)CC1. The van der Waals surface area contributed by atoms with Crippen molar-refractivity contribution in [1.29, 1.82) is 0 Å². The Hall–Kier alpha value is -1.02. The summed E-state index contributed by atoms with van der Waals surface area (Å²) in [6.07, 6.45) is 1.30. The van der Waals surface area contributed by atoms with Gasteiger partial charge in [0.25, 0.3) is 0 Å². The number of piperazine rings is 1. The van der Waals surface area contributed by atoms with Crippen molar-refractivity contribution in [3.05, 3.63) is 29.8 Å². The number of hydrogen-bond acceptors (Lipinski definition) is 4. The van der Waals surface area contributed by atoms with Gasteiger partial charge in [0.05, 0.1) is 24.4 Å². The zero-order valence-electron chi connectivity index (χ0n) is 16.0. The number of hydrogen-bond donors (Lipinski definition) is 1. The van der Waals surface area contributed by atoms with E-state index in [2.05, 4.69) is 4.90 Å². The van der Waals surface area contributed by atoms with Crippen LogP contribution in [0.3, 0.4) is 0 Å². The molecule has 0 bridgehead atoms. The Morgan fingerprint density at radius 2 is 1.75 bits per heavy atom. The lowest BCUT2D eigenvalue weighted by Gasteiger charge is -2.37. The monoisotopic (exact) mass is 422 g/mol. The molecular formula is C20H30ClF3N2O2. The minimum absolute atomic E-state index is 0. The maximum absolute atomic E-state index is 12.9. The largest absolute Gasteiger partial charge is 0.416 e. The first-order valence-corrected chi connectivity index (χ1v) is 9.86. The number of anilines is 1. The molecule has 1 saturated carbocycles. The topological polar surface area (TPSA) is 35.9 Å². The first-order chi connectivity index (χ1) is 12.9. The lowest BCUT2D eigenvalue weighted by molar-refractivity contribution is -0.137. The normalized spacial score (nSPS) is 20.6. The van der Waals surface area contributed by atoms with Gasteiger partial charge in [0.1, 0.15) is 0 Å². The van der Waals surface area contributed by atoms with Crippen LogP contribution < -0.4 is 4.90 Å². The molecule has 28 heavy (non-hydrogen) atoms. The summed E-state index contributed by atoms with van der Waals surface area (Å²) in [6.45, 7) is 3.64. The second-order valence-corrected chi connectivity index (χ2v) is 7.58. The van der Waals surface area contributed by atoms with Crippen molar-refractivity contribution in [2.45, 2.75) is 50.5 Å². The Labute approximate surface area is 171 Å². The van der Waals surface area contributed by atoms with Gasteiger partial charge >= 0.3 is 6.18 Å². The Morgan fingerprint density at radius 1 is 1.07 bits per heavy atom. The van der Waals surface area contributed by atoms with E-state index in [-0.39, 0.29) is 18.5 Å². The molecule has 1 aliphatic carbocycles. The number of ether oxygens (including phenoxy) is 1. The van der Waals surface area contributed by atoms with Gasteiger partial charge in [-0.05, 0) is 31.0 Å². The predicted octanol–water partition coefficient (Wildman–Crippen LogP) is 3.96. The average Bonchev–Trinajstić information content (AvgIpc) is 2.67. The third-order valence-corrected chi connectivity index (χ3v) is 5.46. The van der Waals surface area contributed by atoms with Crippen molar-refractivity contribution in [3.8, 4) is 0 Å². The van der Waals surface area contributed by atoms with E-state index < -0.39 is 17.8 Å². The molecule has 1 saturated heterocycles. The summed E-state index contributed by atoms with van der Waals surface area (Å²) in [4.78, 5) is 4.12. The molecule has 1 aromatic carbocycles. The van der Waals surface area contributed by atoms with E-state index >= 15 is 0 Å². The molecule has 160 valence electrons. The second-order valence-electron chi connectivity index (χ2n) is 7.58. The summed E-state index contributed by atoms with van der Waals surface area (Å²) in [6, 6.07) is 5.49. The van der Waals surface area contributed by atoms with Crippen LogP contribution in [0.25, 0.3) is 0 Å². The molecule has 1 unspecified atom stereocenters. The molecule has 1 N–H and O–H groups in total. The maximum Gasteiger partial charge on any atom is 0.416 e. The van der Waals surface area contributed by atoms with Crippen molar-refractivity contribution in [2.24, 2.45) is 0 Å².